The van der Waals surface area contributed by atoms with E-state index in [1.165, 1.54) is 25.0 Å². The molecule has 1 fully saturated rings. The maximum Gasteiger partial charge on any atom is 0.404 e. The van der Waals surface area contributed by atoms with Crippen LogP contribution in [0.1, 0.15) is 48.4 Å². The fraction of sp³-hybridized carbons (Fsp3) is 0.385. The standard InChI is InChI=1S/C26H27F6N3/c1-15(2)35-14-18-13-21(34(4)20-9-10-20)11-12-22(18)23(35)16(3)33-19-7-5-17(6-8-19)24(25(27,28)29)26(30,31)32/h5-8,11-13,20,23-24,33H,1,3,9-10,14H2,2,4H3. The summed E-state index contributed by atoms with van der Waals surface area (Å²) in [6.45, 7) is 10.7. The summed E-state index contributed by atoms with van der Waals surface area (Å²) in [6, 6.07) is 10.7. The van der Waals surface area contributed by atoms with Gasteiger partial charge in [-0.1, -0.05) is 31.4 Å². The first-order chi connectivity index (χ1) is 16.3. The Kier molecular flexibility index (Phi) is 6.32. The van der Waals surface area contributed by atoms with Gasteiger partial charge in [-0.25, -0.2) is 0 Å². The molecule has 3 nitrogen and oxygen atoms in total. The van der Waals surface area contributed by atoms with Gasteiger partial charge >= 0.3 is 12.4 Å². The van der Waals surface area contributed by atoms with Crippen LogP contribution in [0.2, 0.25) is 0 Å². The zero-order valence-electron chi connectivity index (χ0n) is 19.5. The summed E-state index contributed by atoms with van der Waals surface area (Å²) in [4.78, 5) is 4.33. The van der Waals surface area contributed by atoms with Crippen LogP contribution in [-0.2, 0) is 6.54 Å². The van der Waals surface area contributed by atoms with Gasteiger partial charge in [0.2, 0.25) is 0 Å². The zero-order chi connectivity index (χ0) is 25.7. The summed E-state index contributed by atoms with van der Waals surface area (Å²) in [6.07, 6.45) is -8.50. The number of nitrogens with zero attached hydrogens (tertiary/aromatic N) is 2. The second-order valence-electron chi connectivity index (χ2n) is 9.28. The Morgan fingerprint density at radius 3 is 2.11 bits per heavy atom. The molecule has 1 aliphatic carbocycles. The van der Waals surface area contributed by atoms with Crippen molar-refractivity contribution in [2.45, 2.75) is 56.7 Å². The summed E-state index contributed by atoms with van der Waals surface area (Å²) in [5.74, 6) is -3.53. The Bertz CT molecular complexity index is 1100. The van der Waals surface area contributed by atoms with Gasteiger partial charge in [-0.05, 0) is 60.7 Å². The molecule has 0 bridgehead atoms. The van der Waals surface area contributed by atoms with Gasteiger partial charge in [0.05, 0.1) is 6.04 Å². The van der Waals surface area contributed by atoms with Crippen LogP contribution in [0, 0.1) is 0 Å². The molecular formula is C26H27F6N3. The Morgan fingerprint density at radius 2 is 1.60 bits per heavy atom. The molecule has 1 unspecified atom stereocenters. The van der Waals surface area contributed by atoms with E-state index in [2.05, 4.69) is 47.5 Å². The summed E-state index contributed by atoms with van der Waals surface area (Å²) >= 11 is 0. The van der Waals surface area contributed by atoms with E-state index in [1.54, 1.807) is 0 Å². The molecule has 2 aliphatic rings. The first-order valence-corrected chi connectivity index (χ1v) is 11.2. The van der Waals surface area contributed by atoms with Crippen molar-refractivity contribution in [3.63, 3.8) is 0 Å². The van der Waals surface area contributed by atoms with Crippen LogP contribution < -0.4 is 10.2 Å². The lowest BCUT2D eigenvalue weighted by Crippen LogP contribution is -2.34. The van der Waals surface area contributed by atoms with Gasteiger partial charge in [0, 0.05) is 42.4 Å². The molecule has 9 heteroatoms. The molecule has 1 aliphatic heterocycles. The third-order valence-electron chi connectivity index (χ3n) is 6.60. The van der Waals surface area contributed by atoms with Gasteiger partial charge in [0.1, 0.15) is 0 Å². The van der Waals surface area contributed by atoms with Crippen LogP contribution >= 0.6 is 0 Å². The van der Waals surface area contributed by atoms with Crippen molar-refractivity contribution in [1.82, 2.24) is 4.90 Å². The molecule has 2 aromatic rings. The van der Waals surface area contributed by atoms with E-state index >= 15 is 0 Å². The molecule has 0 saturated heterocycles. The van der Waals surface area contributed by atoms with E-state index in [9.17, 15) is 26.3 Å². The SMILES string of the molecule is C=C(Nc1ccc(C(C(F)(F)F)C(F)(F)F)cc1)C1c2ccc(N(C)C3CC3)cc2CN1C(=C)C. The molecule has 2 aromatic carbocycles. The fourth-order valence-electron chi connectivity index (χ4n) is 4.64. The zero-order valence-corrected chi connectivity index (χ0v) is 19.5. The average molecular weight is 496 g/mol. The van der Waals surface area contributed by atoms with E-state index in [-0.39, 0.29) is 6.04 Å². The molecule has 1 atom stereocenters. The van der Waals surface area contributed by atoms with Crippen molar-refractivity contribution >= 4 is 11.4 Å². The second kappa shape index (κ2) is 8.84. The highest BCUT2D eigenvalue weighted by atomic mass is 19.4. The lowest BCUT2D eigenvalue weighted by atomic mass is 9.97. The predicted octanol–water partition coefficient (Wildman–Crippen LogP) is 7.51. The van der Waals surface area contributed by atoms with Crippen molar-refractivity contribution in [3.05, 3.63) is 83.7 Å². The van der Waals surface area contributed by atoms with Gasteiger partial charge in [0.15, 0.2) is 5.92 Å². The van der Waals surface area contributed by atoms with Crippen LogP contribution in [0.5, 0.6) is 0 Å². The molecule has 0 amide bonds. The van der Waals surface area contributed by atoms with E-state index in [0.29, 0.717) is 24.0 Å². The first-order valence-electron chi connectivity index (χ1n) is 11.2. The number of allylic oxidation sites excluding steroid dienone is 1. The molecule has 1 heterocycles. The third kappa shape index (κ3) is 5.13. The van der Waals surface area contributed by atoms with Crippen molar-refractivity contribution in [2.75, 3.05) is 17.3 Å². The largest absolute Gasteiger partial charge is 0.404 e. The molecule has 1 saturated carbocycles. The maximum absolute atomic E-state index is 13.0. The molecule has 0 radical (unpaired) electrons. The third-order valence-corrected chi connectivity index (χ3v) is 6.60. The average Bonchev–Trinajstić information content (AvgIpc) is 3.51. The summed E-state index contributed by atoms with van der Waals surface area (Å²) in [5, 5.41) is 3.07. The number of alkyl halides is 6. The lowest BCUT2D eigenvalue weighted by molar-refractivity contribution is -0.253. The fourth-order valence-corrected chi connectivity index (χ4v) is 4.64. The van der Waals surface area contributed by atoms with E-state index in [0.717, 1.165) is 34.6 Å². The van der Waals surface area contributed by atoms with Gasteiger partial charge in [-0.3, -0.25) is 0 Å². The van der Waals surface area contributed by atoms with E-state index in [1.807, 2.05) is 13.0 Å². The Balaban J connectivity index is 1.55. The Labute approximate surface area is 200 Å². The number of halogens is 6. The van der Waals surface area contributed by atoms with Crippen molar-refractivity contribution in [3.8, 4) is 0 Å². The summed E-state index contributed by atoms with van der Waals surface area (Å²) < 4.78 is 78.2. The van der Waals surface area contributed by atoms with Crippen molar-refractivity contribution in [2.24, 2.45) is 0 Å². The minimum atomic E-state index is -5.43. The maximum atomic E-state index is 13.0. The number of anilines is 2. The monoisotopic (exact) mass is 495 g/mol. The summed E-state index contributed by atoms with van der Waals surface area (Å²) in [5.41, 5.74) is 4.14. The molecule has 4 rings (SSSR count). The van der Waals surface area contributed by atoms with Crippen molar-refractivity contribution < 1.29 is 26.3 Å². The minimum absolute atomic E-state index is 0.277. The molecule has 0 spiro atoms. The van der Waals surface area contributed by atoms with Gasteiger partial charge < -0.3 is 15.1 Å². The van der Waals surface area contributed by atoms with Crippen LogP contribution in [0.3, 0.4) is 0 Å². The van der Waals surface area contributed by atoms with Gasteiger partial charge in [-0.2, -0.15) is 26.3 Å². The molecule has 1 N–H and O–H groups in total. The molecular weight excluding hydrogens is 468 g/mol. The molecule has 35 heavy (non-hydrogen) atoms. The molecule has 0 aromatic heterocycles. The summed E-state index contributed by atoms with van der Waals surface area (Å²) in [7, 11) is 2.08. The number of fused-ring (bicyclic) bond motifs is 1. The highest BCUT2D eigenvalue weighted by Crippen LogP contribution is 2.47. The Morgan fingerprint density at radius 1 is 1.00 bits per heavy atom. The minimum Gasteiger partial charge on any atom is -0.372 e. The van der Waals surface area contributed by atoms with Gasteiger partial charge in [0.25, 0.3) is 0 Å². The van der Waals surface area contributed by atoms with Crippen molar-refractivity contribution in [1.29, 1.82) is 0 Å². The van der Waals surface area contributed by atoms with E-state index < -0.39 is 23.8 Å². The van der Waals surface area contributed by atoms with Crippen LogP contribution in [0.15, 0.2) is 67.0 Å². The van der Waals surface area contributed by atoms with Crippen LogP contribution in [-0.4, -0.2) is 30.3 Å². The van der Waals surface area contributed by atoms with Gasteiger partial charge in [-0.15, -0.1) is 0 Å². The number of rotatable bonds is 7. The smallest absolute Gasteiger partial charge is 0.372 e. The lowest BCUT2D eigenvalue weighted by Gasteiger charge is -2.29. The number of hydrogen-bond acceptors (Lipinski definition) is 3. The highest BCUT2D eigenvalue weighted by molar-refractivity contribution is 5.57. The Hall–Kier alpha value is -3.10. The first kappa shape index (κ1) is 25.0. The van der Waals surface area contributed by atoms with Crippen LogP contribution in [0.25, 0.3) is 0 Å². The quantitative estimate of drug-likeness (QED) is 0.401. The predicted molar refractivity (Wildman–Crippen MR) is 125 cm³/mol. The number of hydrogen-bond donors (Lipinski definition) is 1. The number of benzene rings is 2. The van der Waals surface area contributed by atoms with Crippen LogP contribution in [0.4, 0.5) is 37.7 Å². The molecule has 188 valence electrons. The topological polar surface area (TPSA) is 18.5 Å². The highest BCUT2D eigenvalue weighted by Gasteiger charge is 2.57. The number of nitrogens with one attached hydrogen (secondary N) is 1. The van der Waals surface area contributed by atoms with E-state index in [4.69, 9.17) is 0 Å². The second-order valence-corrected chi connectivity index (χ2v) is 9.28. The normalized spacial score (nSPS) is 18.0.